The summed E-state index contributed by atoms with van der Waals surface area (Å²) >= 11 is 0. The predicted molar refractivity (Wildman–Crippen MR) is 96.0 cm³/mol. The van der Waals surface area contributed by atoms with E-state index in [0.717, 1.165) is 21.9 Å². The van der Waals surface area contributed by atoms with Crippen molar-refractivity contribution in [3.05, 3.63) is 23.3 Å². The first-order valence-corrected chi connectivity index (χ1v) is 9.96. The van der Waals surface area contributed by atoms with Gasteiger partial charge in [-0.2, -0.15) is 8.42 Å². The van der Waals surface area contributed by atoms with Crippen molar-refractivity contribution in [2.24, 2.45) is 5.92 Å². The fourth-order valence-corrected chi connectivity index (χ4v) is 4.32. The number of nitrogens with one attached hydrogen (secondary N) is 1. The second kappa shape index (κ2) is 6.79. The highest BCUT2D eigenvalue weighted by molar-refractivity contribution is 7.92. The number of rotatable bonds is 5. The van der Waals surface area contributed by atoms with Gasteiger partial charge in [0.1, 0.15) is 12.3 Å². The number of hydrogen-bond donors (Lipinski definition) is 1. The maximum atomic E-state index is 12.4. The molecule has 0 unspecified atom stereocenters. The molecule has 0 radical (unpaired) electrons. The summed E-state index contributed by atoms with van der Waals surface area (Å²) in [5.41, 5.74) is 2.01. The second-order valence-corrected chi connectivity index (χ2v) is 8.60. The van der Waals surface area contributed by atoms with Gasteiger partial charge < -0.3 is 9.64 Å². The summed E-state index contributed by atoms with van der Waals surface area (Å²) in [5, 5.41) is 0. The summed E-state index contributed by atoms with van der Waals surface area (Å²) in [6.07, 6.45) is 1.16. The number of amides is 2. The van der Waals surface area contributed by atoms with Crippen LogP contribution in [0.2, 0.25) is 0 Å². The molecule has 1 fully saturated rings. The number of nitrogens with zero attached hydrogens (tertiary/aromatic N) is 2. The van der Waals surface area contributed by atoms with Crippen molar-refractivity contribution in [2.45, 2.75) is 33.2 Å². The van der Waals surface area contributed by atoms with Gasteiger partial charge in [-0.25, -0.2) is 9.03 Å². The Hall–Kier alpha value is -2.29. The van der Waals surface area contributed by atoms with E-state index in [2.05, 4.69) is 13.8 Å². The largest absolute Gasteiger partial charge is 0.495 e. The van der Waals surface area contributed by atoms with E-state index in [1.807, 2.05) is 4.72 Å². The average molecular weight is 381 g/mol. The van der Waals surface area contributed by atoms with Gasteiger partial charge >= 0.3 is 10.2 Å². The molecular formula is C17H23N3O5S. The molecule has 1 N–H and O–H groups in total. The molecule has 2 aliphatic rings. The molecule has 26 heavy (non-hydrogen) atoms. The van der Waals surface area contributed by atoms with E-state index >= 15 is 0 Å². The minimum absolute atomic E-state index is 0.0543. The molecular weight excluding hydrogens is 358 g/mol. The summed E-state index contributed by atoms with van der Waals surface area (Å²) in [6, 6.07) is 3.40. The van der Waals surface area contributed by atoms with Crippen LogP contribution in [0.4, 0.5) is 5.69 Å². The van der Waals surface area contributed by atoms with E-state index in [9.17, 15) is 18.0 Å². The molecule has 1 aromatic carbocycles. The number of ether oxygens (including phenoxy) is 1. The minimum atomic E-state index is -3.92. The van der Waals surface area contributed by atoms with E-state index in [-0.39, 0.29) is 18.9 Å². The van der Waals surface area contributed by atoms with Gasteiger partial charge in [-0.1, -0.05) is 13.8 Å². The van der Waals surface area contributed by atoms with Gasteiger partial charge in [0.05, 0.1) is 19.2 Å². The van der Waals surface area contributed by atoms with Crippen LogP contribution < -0.4 is 13.8 Å². The molecule has 1 aromatic rings. The van der Waals surface area contributed by atoms with Gasteiger partial charge in [0, 0.05) is 13.1 Å². The molecule has 8 nitrogen and oxygen atoms in total. The van der Waals surface area contributed by atoms with E-state index < -0.39 is 16.1 Å². The molecule has 0 aromatic heterocycles. The van der Waals surface area contributed by atoms with E-state index in [1.54, 1.807) is 17.0 Å². The van der Waals surface area contributed by atoms with Crippen molar-refractivity contribution in [1.29, 1.82) is 0 Å². The summed E-state index contributed by atoms with van der Waals surface area (Å²) < 4.78 is 32.6. The SMILES string of the molecule is COc1cc2c(cc1N1CC(=O)NS1(=O)=O)CN(CCC(C)C)C(=O)C2. The van der Waals surface area contributed by atoms with Crippen LogP contribution in [0.3, 0.4) is 0 Å². The van der Waals surface area contributed by atoms with Crippen LogP contribution >= 0.6 is 0 Å². The number of fused-ring (bicyclic) bond motifs is 1. The Morgan fingerprint density at radius 3 is 2.50 bits per heavy atom. The fourth-order valence-electron chi connectivity index (χ4n) is 3.17. The summed E-state index contributed by atoms with van der Waals surface area (Å²) in [6.45, 7) is 5.02. The van der Waals surface area contributed by atoms with Gasteiger partial charge in [0.2, 0.25) is 5.91 Å². The van der Waals surface area contributed by atoms with Crippen molar-refractivity contribution >= 4 is 27.7 Å². The van der Waals surface area contributed by atoms with Gasteiger partial charge in [-0.15, -0.1) is 0 Å². The van der Waals surface area contributed by atoms with E-state index in [0.29, 0.717) is 30.4 Å². The van der Waals surface area contributed by atoms with E-state index in [1.165, 1.54) is 7.11 Å². The van der Waals surface area contributed by atoms with Crippen LogP contribution in [-0.4, -0.2) is 45.3 Å². The molecule has 2 amide bonds. The maximum Gasteiger partial charge on any atom is 0.326 e. The van der Waals surface area contributed by atoms with Crippen molar-refractivity contribution in [3.63, 3.8) is 0 Å². The molecule has 0 spiro atoms. The number of carbonyl (C=O) groups is 2. The van der Waals surface area contributed by atoms with Gasteiger partial charge in [-0.05, 0) is 35.6 Å². The van der Waals surface area contributed by atoms with Crippen LogP contribution in [0, 0.1) is 5.92 Å². The maximum absolute atomic E-state index is 12.4. The van der Waals surface area contributed by atoms with E-state index in [4.69, 9.17) is 4.74 Å². The topological polar surface area (TPSA) is 96.0 Å². The lowest BCUT2D eigenvalue weighted by Crippen LogP contribution is -2.37. The zero-order valence-corrected chi connectivity index (χ0v) is 15.9. The Morgan fingerprint density at radius 1 is 1.19 bits per heavy atom. The van der Waals surface area contributed by atoms with Crippen molar-refractivity contribution < 1.29 is 22.7 Å². The summed E-state index contributed by atoms with van der Waals surface area (Å²) in [7, 11) is -2.49. The van der Waals surface area contributed by atoms with Crippen LogP contribution in [0.5, 0.6) is 5.75 Å². The standard InChI is InChI=1S/C17H23N3O5S/c1-11(2)4-5-19-9-13-6-14(20-10-16(21)18-26(20,23)24)15(25-3)7-12(13)8-17(19)22/h6-7,11H,4-5,8-10H2,1-3H3,(H,18,21). The molecule has 0 aliphatic carbocycles. The first-order chi connectivity index (χ1) is 12.2. The molecule has 142 valence electrons. The highest BCUT2D eigenvalue weighted by Crippen LogP contribution is 2.36. The van der Waals surface area contributed by atoms with Crippen LogP contribution in [-0.2, 0) is 32.8 Å². The molecule has 0 atom stereocenters. The zero-order chi connectivity index (χ0) is 19.1. The third-order valence-electron chi connectivity index (χ3n) is 4.62. The molecule has 1 saturated heterocycles. The number of anilines is 1. The summed E-state index contributed by atoms with van der Waals surface area (Å²) in [4.78, 5) is 25.7. The minimum Gasteiger partial charge on any atom is -0.495 e. The number of methoxy groups -OCH3 is 1. The second-order valence-electron chi connectivity index (χ2n) is 7.00. The molecule has 0 bridgehead atoms. The number of benzene rings is 1. The first-order valence-electron chi connectivity index (χ1n) is 8.52. The zero-order valence-electron chi connectivity index (χ0n) is 15.1. The van der Waals surface area contributed by atoms with Crippen LogP contribution in [0.15, 0.2) is 12.1 Å². The van der Waals surface area contributed by atoms with Crippen LogP contribution in [0.1, 0.15) is 31.4 Å². The predicted octanol–water partition coefficient (Wildman–Crippen LogP) is 0.807. The fraction of sp³-hybridized carbons (Fsp3) is 0.529. The number of hydrogen-bond acceptors (Lipinski definition) is 5. The Kier molecular flexibility index (Phi) is 4.83. The smallest absolute Gasteiger partial charge is 0.326 e. The average Bonchev–Trinajstić information content (AvgIpc) is 2.83. The Labute approximate surface area is 153 Å². The van der Waals surface area contributed by atoms with Gasteiger partial charge in [0.15, 0.2) is 0 Å². The lowest BCUT2D eigenvalue weighted by molar-refractivity contribution is -0.132. The highest BCUT2D eigenvalue weighted by atomic mass is 32.2. The molecule has 9 heteroatoms. The van der Waals surface area contributed by atoms with Crippen LogP contribution in [0.25, 0.3) is 0 Å². The third kappa shape index (κ3) is 3.48. The summed E-state index contributed by atoms with van der Waals surface area (Å²) in [5.74, 6) is 0.284. The molecule has 2 heterocycles. The van der Waals surface area contributed by atoms with Crippen molar-refractivity contribution in [3.8, 4) is 5.75 Å². The number of carbonyl (C=O) groups excluding carboxylic acids is 2. The molecule has 3 rings (SSSR count). The third-order valence-corrected chi connectivity index (χ3v) is 6.01. The highest BCUT2D eigenvalue weighted by Gasteiger charge is 2.37. The Balaban J connectivity index is 1.96. The lowest BCUT2D eigenvalue weighted by atomic mass is 9.97. The van der Waals surface area contributed by atoms with Crippen molar-refractivity contribution in [2.75, 3.05) is 24.5 Å². The van der Waals surface area contributed by atoms with Gasteiger partial charge in [-0.3, -0.25) is 9.59 Å². The monoisotopic (exact) mass is 381 g/mol. The quantitative estimate of drug-likeness (QED) is 0.814. The van der Waals surface area contributed by atoms with Crippen molar-refractivity contribution in [1.82, 2.24) is 9.62 Å². The first kappa shape index (κ1) is 18.5. The lowest BCUT2D eigenvalue weighted by Gasteiger charge is -2.31. The Bertz CT molecular complexity index is 850. The molecule has 0 saturated carbocycles. The Morgan fingerprint density at radius 2 is 1.92 bits per heavy atom. The van der Waals surface area contributed by atoms with Gasteiger partial charge in [0.25, 0.3) is 5.91 Å². The molecule has 2 aliphatic heterocycles. The normalized spacial score (nSPS) is 18.9.